The number of amides is 1. The number of nitriles is 1. The number of aromatic nitrogens is 3. The maximum Gasteiger partial charge on any atom is 0.573 e. The molecule has 0 radical (unpaired) electrons. The molecule has 2 saturated heterocycles. The Bertz CT molecular complexity index is 1960. The van der Waals surface area contributed by atoms with Gasteiger partial charge < -0.3 is 24.2 Å². The van der Waals surface area contributed by atoms with Crippen molar-refractivity contribution >= 4 is 51.6 Å². The Morgan fingerprint density at radius 3 is 2.68 bits per heavy atom. The van der Waals surface area contributed by atoms with E-state index in [1.165, 1.54) is 29.3 Å². The molecule has 0 N–H and O–H groups in total. The molecule has 0 spiro atoms. The van der Waals surface area contributed by atoms with E-state index in [1.54, 1.807) is 10.3 Å². The molecule has 17 heteroatoms. The van der Waals surface area contributed by atoms with Gasteiger partial charge in [0.1, 0.15) is 28.7 Å². The topological polar surface area (TPSA) is 108 Å². The second-order valence-electron chi connectivity index (χ2n) is 11.8. The molecule has 2 fully saturated rings. The van der Waals surface area contributed by atoms with E-state index in [0.29, 0.717) is 5.01 Å². The van der Waals surface area contributed by atoms with Crippen LogP contribution < -0.4 is 14.4 Å². The van der Waals surface area contributed by atoms with Crippen molar-refractivity contribution in [2.24, 2.45) is 0 Å². The molecule has 0 bridgehead atoms. The molecular formula is C33H29ClF5N7O3S. The van der Waals surface area contributed by atoms with Gasteiger partial charge in [-0.05, 0) is 50.7 Å². The number of hydrogen-bond donors (Lipinski definition) is 0. The van der Waals surface area contributed by atoms with E-state index in [9.17, 15) is 23.2 Å². The van der Waals surface area contributed by atoms with Gasteiger partial charge >= 0.3 is 12.4 Å². The number of likely N-dealkylation sites (N-methyl/N-ethyl adjacent to an activating group) is 1. The number of fused-ring (bicyclic) bond motifs is 1. The quantitative estimate of drug-likeness (QED) is 0.135. The predicted molar refractivity (Wildman–Crippen MR) is 177 cm³/mol. The first kappa shape index (κ1) is 35.2. The third-order valence-electron chi connectivity index (χ3n) is 8.58. The zero-order valence-corrected chi connectivity index (χ0v) is 28.0. The monoisotopic (exact) mass is 733 g/mol. The molecule has 0 aliphatic carbocycles. The lowest BCUT2D eigenvalue weighted by Crippen LogP contribution is -2.55. The first-order valence-electron chi connectivity index (χ1n) is 15.5. The molecule has 262 valence electrons. The van der Waals surface area contributed by atoms with Crippen molar-refractivity contribution in [3.63, 3.8) is 0 Å². The molecule has 1 amide bonds. The molecule has 2 atom stereocenters. The number of hydrogen-bond acceptors (Lipinski definition) is 10. The zero-order valence-electron chi connectivity index (χ0n) is 26.5. The number of piperazine rings is 1. The van der Waals surface area contributed by atoms with E-state index in [4.69, 9.17) is 16.3 Å². The lowest BCUT2D eigenvalue weighted by molar-refractivity contribution is -0.274. The van der Waals surface area contributed by atoms with Crippen molar-refractivity contribution < 1.29 is 36.2 Å². The molecule has 2 aromatic heterocycles. The number of nitrogens with zero attached hydrogens (tertiary/aromatic N) is 7. The minimum Gasteiger partial charge on any atom is -0.462 e. The van der Waals surface area contributed by atoms with Gasteiger partial charge in [-0.3, -0.25) is 4.79 Å². The van der Waals surface area contributed by atoms with Crippen molar-refractivity contribution in [3.05, 3.63) is 63.6 Å². The van der Waals surface area contributed by atoms with Gasteiger partial charge in [-0.2, -0.15) is 15.2 Å². The van der Waals surface area contributed by atoms with Crippen LogP contribution in [-0.4, -0.2) is 88.9 Å². The second kappa shape index (κ2) is 14.7. The number of rotatable bonds is 9. The fourth-order valence-corrected chi connectivity index (χ4v) is 6.86. The maximum absolute atomic E-state index is 16.5. The summed E-state index contributed by atoms with van der Waals surface area (Å²) in [5.74, 6) is -3.35. The third-order valence-corrected chi connectivity index (χ3v) is 9.53. The Kier molecular flexibility index (Phi) is 10.4. The summed E-state index contributed by atoms with van der Waals surface area (Å²) in [6, 6.07) is 7.26. The summed E-state index contributed by atoms with van der Waals surface area (Å²) in [6.45, 7) is 1.23. The molecule has 2 aliphatic rings. The number of carbonyl (C=O) groups excluding carboxylic acids is 1. The third kappa shape index (κ3) is 7.74. The van der Waals surface area contributed by atoms with E-state index in [0.717, 1.165) is 48.9 Å². The van der Waals surface area contributed by atoms with Crippen molar-refractivity contribution in [1.29, 1.82) is 5.26 Å². The number of alkyl halides is 3. The van der Waals surface area contributed by atoms with Crippen molar-refractivity contribution in [2.45, 2.75) is 37.7 Å². The zero-order chi connectivity index (χ0) is 35.6. The summed E-state index contributed by atoms with van der Waals surface area (Å²) in [6.07, 6.45) is -0.830. The highest BCUT2D eigenvalue weighted by Gasteiger charge is 2.35. The van der Waals surface area contributed by atoms with Gasteiger partial charge in [0.25, 0.3) is 5.91 Å². The predicted octanol–water partition coefficient (Wildman–Crippen LogP) is 6.86. The van der Waals surface area contributed by atoms with Crippen LogP contribution >= 0.6 is 22.9 Å². The second-order valence-corrected chi connectivity index (χ2v) is 13.1. The van der Waals surface area contributed by atoms with E-state index >= 15 is 8.78 Å². The average Bonchev–Trinajstić information content (AvgIpc) is 3.75. The summed E-state index contributed by atoms with van der Waals surface area (Å²) in [5.41, 5.74) is -0.753. The minimum absolute atomic E-state index is 0.0000851. The van der Waals surface area contributed by atoms with Gasteiger partial charge in [-0.1, -0.05) is 17.7 Å². The van der Waals surface area contributed by atoms with E-state index in [-0.39, 0.29) is 77.6 Å². The first-order valence-corrected chi connectivity index (χ1v) is 16.8. The van der Waals surface area contributed by atoms with E-state index in [1.807, 2.05) is 13.1 Å². The lowest BCUT2D eigenvalue weighted by atomic mass is 10.0. The average molecular weight is 734 g/mol. The van der Waals surface area contributed by atoms with E-state index < -0.39 is 35.7 Å². The molecule has 0 unspecified atom stereocenters. The number of ether oxygens (including phenoxy) is 2. The van der Waals surface area contributed by atoms with Crippen LogP contribution in [0.5, 0.6) is 11.8 Å². The smallest absolute Gasteiger partial charge is 0.462 e. The molecule has 4 aromatic rings. The molecule has 10 nitrogen and oxygen atoms in total. The van der Waals surface area contributed by atoms with Gasteiger partial charge in [-0.15, -0.1) is 24.5 Å². The fraction of sp³-hybridized carbons (Fsp3) is 0.364. The number of halogens is 6. The Labute approximate surface area is 292 Å². The van der Waals surface area contributed by atoms with Gasteiger partial charge in [0.2, 0.25) is 0 Å². The highest BCUT2D eigenvalue weighted by atomic mass is 35.5. The first-order chi connectivity index (χ1) is 23.9. The van der Waals surface area contributed by atoms with Gasteiger partial charge in [0, 0.05) is 64.9 Å². The Morgan fingerprint density at radius 2 is 1.98 bits per heavy atom. The Hall–Kier alpha value is -4.59. The minimum atomic E-state index is -5.05. The summed E-state index contributed by atoms with van der Waals surface area (Å²) < 4.78 is 81.5. The lowest BCUT2D eigenvalue weighted by Gasteiger charge is -2.41. The van der Waals surface area contributed by atoms with Gasteiger partial charge in [0.15, 0.2) is 11.6 Å². The highest BCUT2D eigenvalue weighted by Crippen LogP contribution is 2.40. The van der Waals surface area contributed by atoms with Crippen molar-refractivity contribution in [3.8, 4) is 29.0 Å². The molecular weight excluding hydrogens is 705 g/mol. The summed E-state index contributed by atoms with van der Waals surface area (Å²) in [4.78, 5) is 31.2. The van der Waals surface area contributed by atoms with Crippen molar-refractivity contribution in [2.75, 3.05) is 44.7 Å². The molecule has 50 heavy (non-hydrogen) atoms. The molecule has 0 saturated carbocycles. The van der Waals surface area contributed by atoms with Gasteiger partial charge in [0.05, 0.1) is 18.5 Å². The van der Waals surface area contributed by atoms with Crippen LogP contribution in [0.3, 0.4) is 0 Å². The Balaban J connectivity index is 1.39. The number of benzene rings is 2. The van der Waals surface area contributed by atoms with Crippen LogP contribution in [0.4, 0.5) is 27.8 Å². The van der Waals surface area contributed by atoms with Crippen LogP contribution in [0.25, 0.3) is 28.1 Å². The number of carbonyl (C=O) groups is 1. The standard InChI is InChI=1S/C33H29ClF5N7O3S/c1-44-11-2-3-21(44)18-48-32-42-29-23(6-5-22(28(29)36)24-15-19(34)4-7-26(24)49-33(37,38)39)30(43-32)45-12-13-46(20(17-45)8-9-40)31(47)25(35)16-27-41-10-14-50-27/h4-7,10,14-16,20-21H,2-3,8,11-13,17-18H2,1H3/b25-16-/t20-,21-/m0/s1. The van der Waals surface area contributed by atoms with Crippen LogP contribution in [0.15, 0.2) is 47.7 Å². The highest BCUT2D eigenvalue weighted by molar-refractivity contribution is 7.10. The van der Waals surface area contributed by atoms with E-state index in [2.05, 4.69) is 24.6 Å². The SMILES string of the molecule is CN1CCC[C@H]1COc1nc(N2CCN(C(=O)/C(F)=C/c3nccs3)[C@@H](CC#N)C2)c2ccc(-c3cc(Cl)ccc3OC(F)(F)F)c(F)c2n1. The summed E-state index contributed by atoms with van der Waals surface area (Å²) in [5, 5.41) is 11.8. The number of thiazole rings is 1. The van der Waals surface area contributed by atoms with Crippen LogP contribution in [0, 0.1) is 17.1 Å². The molecule has 2 aliphatic heterocycles. The van der Waals surface area contributed by atoms with Gasteiger partial charge in [-0.25, -0.2) is 13.8 Å². The number of likely N-dealkylation sites (tertiary alicyclic amines) is 1. The molecule has 4 heterocycles. The summed E-state index contributed by atoms with van der Waals surface area (Å²) in [7, 11) is 1.95. The fourth-order valence-electron chi connectivity index (χ4n) is 6.13. The van der Waals surface area contributed by atoms with Crippen LogP contribution in [-0.2, 0) is 4.79 Å². The Morgan fingerprint density at radius 1 is 1.16 bits per heavy atom. The van der Waals surface area contributed by atoms with Crippen molar-refractivity contribution in [1.82, 2.24) is 24.8 Å². The number of anilines is 1. The normalized spacial score (nSPS) is 18.8. The van der Waals surface area contributed by atoms with Crippen LogP contribution in [0.1, 0.15) is 24.3 Å². The maximum atomic E-state index is 16.5. The molecule has 6 rings (SSSR count). The van der Waals surface area contributed by atoms with Crippen LogP contribution in [0.2, 0.25) is 5.02 Å². The largest absolute Gasteiger partial charge is 0.573 e. The summed E-state index contributed by atoms with van der Waals surface area (Å²) >= 11 is 7.27. The molecule has 2 aromatic carbocycles.